The first-order chi connectivity index (χ1) is 14.6. The number of benzene rings is 3. The van der Waals surface area contributed by atoms with E-state index in [1.807, 2.05) is 66.7 Å². The number of anilines is 2. The van der Waals surface area contributed by atoms with Crippen LogP contribution in [0.5, 0.6) is 5.75 Å². The fourth-order valence-electron chi connectivity index (χ4n) is 3.63. The van der Waals surface area contributed by atoms with Gasteiger partial charge in [0.1, 0.15) is 5.75 Å². The Morgan fingerprint density at radius 3 is 2.50 bits per heavy atom. The van der Waals surface area contributed by atoms with E-state index in [4.69, 9.17) is 4.74 Å². The SMILES string of the molecule is CC1Oc2ccccc2N(CCC(=O)Nc2ccccc2Cc2ccccc2)C1=O. The fourth-order valence-corrected chi connectivity index (χ4v) is 3.63. The zero-order valence-electron chi connectivity index (χ0n) is 16.9. The molecule has 30 heavy (non-hydrogen) atoms. The quantitative estimate of drug-likeness (QED) is 0.666. The molecule has 1 unspecified atom stereocenters. The second-order valence-electron chi connectivity index (χ2n) is 7.34. The smallest absolute Gasteiger partial charge is 0.267 e. The van der Waals surface area contributed by atoms with Crippen molar-refractivity contribution in [3.63, 3.8) is 0 Å². The number of fused-ring (bicyclic) bond motifs is 1. The third kappa shape index (κ3) is 4.35. The molecule has 0 aromatic heterocycles. The summed E-state index contributed by atoms with van der Waals surface area (Å²) in [5, 5.41) is 3.01. The van der Waals surface area contributed by atoms with Gasteiger partial charge in [-0.3, -0.25) is 9.59 Å². The molecule has 152 valence electrons. The van der Waals surface area contributed by atoms with Crippen molar-refractivity contribution >= 4 is 23.2 Å². The second-order valence-corrected chi connectivity index (χ2v) is 7.34. The van der Waals surface area contributed by atoms with Crippen LogP contribution in [0.3, 0.4) is 0 Å². The van der Waals surface area contributed by atoms with Gasteiger partial charge in [0.05, 0.1) is 5.69 Å². The molecule has 0 radical (unpaired) electrons. The minimum atomic E-state index is -0.561. The average Bonchev–Trinajstić information content (AvgIpc) is 2.76. The van der Waals surface area contributed by atoms with E-state index in [1.165, 1.54) is 5.56 Å². The van der Waals surface area contributed by atoms with E-state index >= 15 is 0 Å². The number of amides is 2. The highest BCUT2D eigenvalue weighted by Crippen LogP contribution is 2.33. The predicted molar refractivity (Wildman–Crippen MR) is 118 cm³/mol. The Kier molecular flexibility index (Phi) is 5.80. The lowest BCUT2D eigenvalue weighted by atomic mass is 10.0. The fraction of sp³-hybridized carbons (Fsp3) is 0.200. The van der Waals surface area contributed by atoms with Crippen molar-refractivity contribution in [1.29, 1.82) is 0 Å². The molecule has 0 saturated carbocycles. The lowest BCUT2D eigenvalue weighted by Crippen LogP contribution is -2.45. The summed E-state index contributed by atoms with van der Waals surface area (Å²) in [5.41, 5.74) is 3.74. The summed E-state index contributed by atoms with van der Waals surface area (Å²) >= 11 is 0. The first kappa shape index (κ1) is 19.7. The number of nitrogens with zero attached hydrogens (tertiary/aromatic N) is 1. The lowest BCUT2D eigenvalue weighted by Gasteiger charge is -2.32. The van der Waals surface area contributed by atoms with Crippen LogP contribution in [0.25, 0.3) is 0 Å². The Balaban J connectivity index is 1.43. The molecule has 1 aliphatic rings. The van der Waals surface area contributed by atoms with Crippen LogP contribution in [-0.2, 0) is 16.0 Å². The molecule has 3 aromatic rings. The molecular weight excluding hydrogens is 376 g/mol. The maximum absolute atomic E-state index is 12.7. The Hall–Kier alpha value is -3.60. The van der Waals surface area contributed by atoms with Crippen molar-refractivity contribution in [2.24, 2.45) is 0 Å². The van der Waals surface area contributed by atoms with Crippen LogP contribution in [0.4, 0.5) is 11.4 Å². The average molecular weight is 400 g/mol. The van der Waals surface area contributed by atoms with E-state index in [0.29, 0.717) is 18.0 Å². The molecule has 0 bridgehead atoms. The highest BCUT2D eigenvalue weighted by Gasteiger charge is 2.31. The van der Waals surface area contributed by atoms with Crippen molar-refractivity contribution < 1.29 is 14.3 Å². The number of carbonyl (C=O) groups excluding carboxylic acids is 2. The van der Waals surface area contributed by atoms with Gasteiger partial charge in [0.25, 0.3) is 5.91 Å². The molecule has 0 fully saturated rings. The number of nitrogens with one attached hydrogen (secondary N) is 1. The molecule has 1 atom stereocenters. The molecule has 1 heterocycles. The van der Waals surface area contributed by atoms with Gasteiger partial charge in [-0.15, -0.1) is 0 Å². The van der Waals surface area contributed by atoms with E-state index in [2.05, 4.69) is 17.4 Å². The highest BCUT2D eigenvalue weighted by atomic mass is 16.5. The summed E-state index contributed by atoms with van der Waals surface area (Å²) in [6.07, 6.45) is 0.380. The van der Waals surface area contributed by atoms with E-state index in [0.717, 1.165) is 17.7 Å². The topological polar surface area (TPSA) is 58.6 Å². The summed E-state index contributed by atoms with van der Waals surface area (Å²) in [7, 11) is 0. The zero-order chi connectivity index (χ0) is 20.9. The third-order valence-electron chi connectivity index (χ3n) is 5.16. The maximum Gasteiger partial charge on any atom is 0.267 e. The van der Waals surface area contributed by atoms with Gasteiger partial charge in [-0.1, -0.05) is 60.7 Å². The first-order valence-corrected chi connectivity index (χ1v) is 10.1. The molecule has 3 aromatic carbocycles. The van der Waals surface area contributed by atoms with Crippen LogP contribution in [-0.4, -0.2) is 24.5 Å². The number of hydrogen-bond donors (Lipinski definition) is 1. The Morgan fingerprint density at radius 2 is 1.67 bits per heavy atom. The van der Waals surface area contributed by atoms with Crippen LogP contribution in [0, 0.1) is 0 Å². The summed E-state index contributed by atoms with van der Waals surface area (Å²) in [6, 6.07) is 25.4. The van der Waals surface area contributed by atoms with Gasteiger partial charge in [0.2, 0.25) is 5.91 Å². The summed E-state index contributed by atoms with van der Waals surface area (Å²) < 4.78 is 5.66. The van der Waals surface area contributed by atoms with E-state index in [-0.39, 0.29) is 18.2 Å². The first-order valence-electron chi connectivity index (χ1n) is 10.1. The van der Waals surface area contributed by atoms with Gasteiger partial charge in [-0.25, -0.2) is 0 Å². The van der Waals surface area contributed by atoms with Gasteiger partial charge >= 0.3 is 0 Å². The van der Waals surface area contributed by atoms with Crippen LogP contribution in [0.2, 0.25) is 0 Å². The number of para-hydroxylation sites is 3. The largest absolute Gasteiger partial charge is 0.479 e. The summed E-state index contributed by atoms with van der Waals surface area (Å²) in [5.74, 6) is 0.407. The predicted octanol–water partition coefficient (Wildman–Crippen LogP) is 4.42. The van der Waals surface area contributed by atoms with Gasteiger partial charge < -0.3 is 15.0 Å². The molecule has 0 saturated heterocycles. The number of ether oxygens (including phenoxy) is 1. The monoisotopic (exact) mass is 400 g/mol. The Morgan fingerprint density at radius 1 is 0.967 bits per heavy atom. The molecule has 0 spiro atoms. The van der Waals surface area contributed by atoms with Crippen molar-refractivity contribution in [1.82, 2.24) is 0 Å². The minimum absolute atomic E-state index is 0.125. The summed E-state index contributed by atoms with van der Waals surface area (Å²) in [4.78, 5) is 26.9. The molecule has 2 amide bonds. The zero-order valence-corrected chi connectivity index (χ0v) is 16.9. The Bertz CT molecular complexity index is 1050. The van der Waals surface area contributed by atoms with Crippen LogP contribution in [0.1, 0.15) is 24.5 Å². The van der Waals surface area contributed by atoms with Crippen LogP contribution >= 0.6 is 0 Å². The second kappa shape index (κ2) is 8.82. The van der Waals surface area contributed by atoms with Crippen molar-refractivity contribution in [3.8, 4) is 5.75 Å². The van der Waals surface area contributed by atoms with Gasteiger partial charge in [0, 0.05) is 18.7 Å². The minimum Gasteiger partial charge on any atom is -0.479 e. The van der Waals surface area contributed by atoms with Gasteiger partial charge in [-0.2, -0.15) is 0 Å². The van der Waals surface area contributed by atoms with Crippen LogP contribution < -0.4 is 15.0 Å². The summed E-state index contributed by atoms with van der Waals surface area (Å²) in [6.45, 7) is 2.03. The van der Waals surface area contributed by atoms with Gasteiger partial charge in [-0.05, 0) is 42.7 Å². The lowest BCUT2D eigenvalue weighted by molar-refractivity contribution is -0.125. The highest BCUT2D eigenvalue weighted by molar-refractivity contribution is 6.01. The van der Waals surface area contributed by atoms with Crippen LogP contribution in [0.15, 0.2) is 78.9 Å². The normalized spacial score (nSPS) is 15.3. The van der Waals surface area contributed by atoms with Crippen molar-refractivity contribution in [2.75, 3.05) is 16.8 Å². The van der Waals surface area contributed by atoms with E-state index in [9.17, 15) is 9.59 Å². The van der Waals surface area contributed by atoms with E-state index < -0.39 is 6.10 Å². The third-order valence-corrected chi connectivity index (χ3v) is 5.16. The molecular formula is C25H24N2O3. The Labute approximate surface area is 176 Å². The standard InChI is InChI=1S/C25H24N2O3/c1-18-25(29)27(22-13-7-8-14-23(22)30-18)16-15-24(28)26-21-12-6-5-11-20(21)17-19-9-3-2-4-10-19/h2-14,18H,15-17H2,1H3,(H,26,28). The number of rotatable bonds is 6. The molecule has 4 rings (SSSR count). The molecule has 1 aliphatic heterocycles. The molecule has 0 aliphatic carbocycles. The number of carbonyl (C=O) groups is 2. The molecule has 1 N–H and O–H groups in total. The van der Waals surface area contributed by atoms with E-state index in [1.54, 1.807) is 11.8 Å². The van der Waals surface area contributed by atoms with Crippen molar-refractivity contribution in [2.45, 2.75) is 25.9 Å². The molecule has 5 nitrogen and oxygen atoms in total. The maximum atomic E-state index is 12.7. The van der Waals surface area contributed by atoms with Gasteiger partial charge in [0.15, 0.2) is 6.10 Å². The van der Waals surface area contributed by atoms with Crippen molar-refractivity contribution in [3.05, 3.63) is 90.0 Å². The number of hydrogen-bond acceptors (Lipinski definition) is 3. The molecule has 5 heteroatoms.